The zero-order valence-corrected chi connectivity index (χ0v) is 22.3. The summed E-state index contributed by atoms with van der Waals surface area (Å²) in [5.41, 5.74) is 2.95. The topological polar surface area (TPSA) is 166 Å². The van der Waals surface area contributed by atoms with Crippen molar-refractivity contribution in [1.82, 2.24) is 35.8 Å². The number of thioether (sulfide) groups is 1. The summed E-state index contributed by atoms with van der Waals surface area (Å²) in [7, 11) is -4.09. The number of thiophene rings is 1. The van der Waals surface area contributed by atoms with Crippen LogP contribution in [-0.2, 0) is 15.8 Å². The van der Waals surface area contributed by atoms with Crippen molar-refractivity contribution in [2.24, 2.45) is 0 Å². The van der Waals surface area contributed by atoms with Gasteiger partial charge in [0.05, 0.1) is 32.2 Å². The number of aromatic amines is 2. The molecule has 0 radical (unpaired) electrons. The predicted molar refractivity (Wildman–Crippen MR) is 141 cm³/mol. The van der Waals surface area contributed by atoms with Crippen molar-refractivity contribution >= 4 is 62.1 Å². The maximum Gasteiger partial charge on any atom is 0.274 e. The number of hydrogen-bond acceptors (Lipinski definition) is 10. The van der Waals surface area contributed by atoms with Gasteiger partial charge in [-0.15, -0.1) is 16.4 Å². The molecule has 186 valence electrons. The van der Waals surface area contributed by atoms with Crippen LogP contribution in [0.25, 0.3) is 22.6 Å². The molecule has 0 amide bonds. The number of anilines is 1. The summed E-state index contributed by atoms with van der Waals surface area (Å²) in [6.07, 6.45) is 1.47. The molecule has 0 spiro atoms. The number of hydrogen-bond donors (Lipinski definition) is 3. The number of halogens is 2. The van der Waals surface area contributed by atoms with Crippen LogP contribution in [0.15, 0.2) is 57.9 Å². The maximum absolute atomic E-state index is 13.1. The van der Waals surface area contributed by atoms with E-state index in [1.54, 1.807) is 12.1 Å². The van der Waals surface area contributed by atoms with E-state index < -0.39 is 10.0 Å². The number of benzene rings is 1. The van der Waals surface area contributed by atoms with Crippen molar-refractivity contribution in [2.45, 2.75) is 15.0 Å². The van der Waals surface area contributed by atoms with Gasteiger partial charge in [-0.1, -0.05) is 59.2 Å². The quantitative estimate of drug-likeness (QED) is 0.211. The lowest BCUT2D eigenvalue weighted by molar-refractivity contribution is 0.603. The van der Waals surface area contributed by atoms with E-state index in [0.717, 1.165) is 22.5 Å². The van der Waals surface area contributed by atoms with Gasteiger partial charge in [0.15, 0.2) is 10.0 Å². The largest absolute Gasteiger partial charge is 0.274 e. The monoisotopic (exact) mass is 589 g/mol. The zero-order chi connectivity index (χ0) is 26.0. The van der Waals surface area contributed by atoms with E-state index in [0.29, 0.717) is 33.4 Å². The molecule has 0 atom stereocenters. The molecule has 0 saturated carbocycles. The van der Waals surface area contributed by atoms with Crippen molar-refractivity contribution in [3.8, 4) is 28.7 Å². The molecule has 4 aromatic heterocycles. The molecular weight excluding hydrogens is 577 g/mol. The Labute approximate surface area is 228 Å². The van der Waals surface area contributed by atoms with E-state index in [1.807, 2.05) is 24.3 Å². The molecule has 0 aliphatic heterocycles. The SMILES string of the molecule is N#Cc1ccnc(-c2c(SCc3ccc(-c4nnn[nH]4)cc3)n[nH]c2NS(=O)(=O)c2sc(Cl)cc2Cl)c1. The predicted octanol–water partition coefficient (Wildman–Crippen LogP) is 4.98. The van der Waals surface area contributed by atoms with Crippen LogP contribution in [0.2, 0.25) is 9.36 Å². The molecule has 0 aliphatic carbocycles. The summed E-state index contributed by atoms with van der Waals surface area (Å²) in [6.45, 7) is 0. The average Bonchev–Trinajstić information content (AvgIpc) is 3.63. The second kappa shape index (κ2) is 10.5. The van der Waals surface area contributed by atoms with Crippen LogP contribution in [0, 0.1) is 11.3 Å². The maximum atomic E-state index is 13.1. The van der Waals surface area contributed by atoms with Gasteiger partial charge < -0.3 is 0 Å². The molecule has 11 nitrogen and oxygen atoms in total. The van der Waals surface area contributed by atoms with Crippen molar-refractivity contribution in [1.29, 1.82) is 5.26 Å². The second-order valence-electron chi connectivity index (χ2n) is 7.35. The molecule has 4 heterocycles. The fourth-order valence-corrected chi connectivity index (χ4v) is 7.51. The van der Waals surface area contributed by atoms with Gasteiger partial charge in [-0.3, -0.25) is 14.8 Å². The Balaban J connectivity index is 1.46. The third-order valence-electron chi connectivity index (χ3n) is 4.93. The summed E-state index contributed by atoms with van der Waals surface area (Å²) in [5, 5.41) is 30.7. The molecule has 1 aromatic carbocycles. The minimum atomic E-state index is -4.09. The van der Waals surface area contributed by atoms with Crippen LogP contribution in [-0.4, -0.2) is 44.2 Å². The first-order valence-corrected chi connectivity index (χ1v) is 14.3. The zero-order valence-electron chi connectivity index (χ0n) is 18.3. The van der Waals surface area contributed by atoms with E-state index >= 15 is 0 Å². The van der Waals surface area contributed by atoms with E-state index in [4.69, 9.17) is 23.2 Å². The van der Waals surface area contributed by atoms with E-state index in [9.17, 15) is 13.7 Å². The molecule has 0 saturated heterocycles. The molecule has 0 aliphatic rings. The average molecular weight is 591 g/mol. The highest BCUT2D eigenvalue weighted by molar-refractivity contribution is 7.98. The molecule has 3 N–H and O–H groups in total. The number of H-pyrrole nitrogens is 2. The van der Waals surface area contributed by atoms with Crippen LogP contribution in [0.5, 0.6) is 0 Å². The summed E-state index contributed by atoms with van der Waals surface area (Å²) in [4.78, 5) is 4.34. The van der Waals surface area contributed by atoms with Crippen molar-refractivity contribution < 1.29 is 8.42 Å². The number of nitrogens with one attached hydrogen (secondary N) is 3. The van der Waals surface area contributed by atoms with Crippen molar-refractivity contribution in [2.75, 3.05) is 4.72 Å². The second-order valence-corrected chi connectivity index (χ2v) is 12.3. The highest BCUT2D eigenvalue weighted by atomic mass is 35.5. The Morgan fingerprint density at radius 3 is 2.62 bits per heavy atom. The van der Waals surface area contributed by atoms with Gasteiger partial charge in [0, 0.05) is 17.5 Å². The number of aromatic nitrogens is 7. The van der Waals surface area contributed by atoms with Gasteiger partial charge in [-0.05, 0) is 34.2 Å². The van der Waals surface area contributed by atoms with E-state index in [2.05, 4.69) is 46.6 Å². The van der Waals surface area contributed by atoms with Crippen LogP contribution in [0.1, 0.15) is 11.1 Å². The molecule has 0 bridgehead atoms. The number of pyridine rings is 1. The number of tetrazole rings is 1. The molecule has 0 fully saturated rings. The lowest BCUT2D eigenvalue weighted by Gasteiger charge is -2.09. The van der Waals surface area contributed by atoms with E-state index in [-0.39, 0.29) is 19.4 Å². The van der Waals surface area contributed by atoms with Crippen molar-refractivity contribution in [3.05, 3.63) is 69.1 Å². The third-order valence-corrected chi connectivity index (χ3v) is 9.65. The van der Waals surface area contributed by atoms with Gasteiger partial charge in [0.2, 0.25) is 0 Å². The Bertz CT molecular complexity index is 1710. The highest BCUT2D eigenvalue weighted by Gasteiger charge is 2.26. The first-order valence-electron chi connectivity index (χ1n) is 10.2. The van der Waals surface area contributed by atoms with Gasteiger partial charge in [-0.25, -0.2) is 13.5 Å². The minimum Gasteiger partial charge on any atom is -0.262 e. The molecule has 0 unspecified atom stereocenters. The number of nitriles is 1. The van der Waals surface area contributed by atoms with Crippen LogP contribution >= 0.6 is 46.3 Å². The summed E-state index contributed by atoms with van der Waals surface area (Å²) >= 11 is 14.2. The third kappa shape index (κ3) is 5.45. The molecule has 37 heavy (non-hydrogen) atoms. The Hall–Kier alpha value is -3.48. The van der Waals surface area contributed by atoms with Crippen LogP contribution in [0.3, 0.4) is 0 Å². The summed E-state index contributed by atoms with van der Waals surface area (Å²) in [6, 6.07) is 14.2. The summed E-state index contributed by atoms with van der Waals surface area (Å²) < 4.78 is 28.7. The number of nitrogens with zero attached hydrogens (tertiary/aromatic N) is 6. The normalized spacial score (nSPS) is 11.4. The molecule has 5 aromatic rings. The lowest BCUT2D eigenvalue weighted by Crippen LogP contribution is -2.13. The van der Waals surface area contributed by atoms with Gasteiger partial charge in [0.25, 0.3) is 10.0 Å². The summed E-state index contributed by atoms with van der Waals surface area (Å²) in [5.74, 6) is 1.16. The lowest BCUT2D eigenvalue weighted by atomic mass is 10.1. The molecule has 5 rings (SSSR count). The number of rotatable bonds is 8. The minimum absolute atomic E-state index is 0.00678. The van der Waals surface area contributed by atoms with Crippen LogP contribution in [0.4, 0.5) is 5.82 Å². The Morgan fingerprint density at radius 2 is 1.95 bits per heavy atom. The van der Waals surface area contributed by atoms with Crippen LogP contribution < -0.4 is 4.72 Å². The van der Waals surface area contributed by atoms with Gasteiger partial charge >= 0.3 is 0 Å². The first kappa shape index (κ1) is 25.2. The fourth-order valence-electron chi connectivity index (χ4n) is 3.26. The van der Waals surface area contributed by atoms with Gasteiger partial charge in [-0.2, -0.15) is 10.4 Å². The van der Waals surface area contributed by atoms with E-state index in [1.165, 1.54) is 24.0 Å². The smallest absolute Gasteiger partial charge is 0.262 e. The fraction of sp³-hybridized carbons (Fsp3) is 0.0476. The van der Waals surface area contributed by atoms with Crippen molar-refractivity contribution in [3.63, 3.8) is 0 Å². The first-order chi connectivity index (χ1) is 17.8. The van der Waals surface area contributed by atoms with Gasteiger partial charge in [0.1, 0.15) is 10.8 Å². The highest BCUT2D eigenvalue weighted by Crippen LogP contribution is 2.39. The molecule has 16 heteroatoms. The number of sulfonamides is 1. The standard InChI is InChI=1S/C21H13Cl2N9O2S3/c22-14-8-16(23)36-21(14)37(33,34)30-19-17(15-7-12(9-24)5-6-25-15)20(29-26-19)35-10-11-1-3-13(4-2-11)18-27-31-32-28-18/h1-8H,10H2,(H2,26,29,30)(H,27,28,31,32). The Morgan fingerprint density at radius 1 is 1.14 bits per heavy atom. The molecular formula is C21H13Cl2N9O2S3. The Kier molecular flexibility index (Phi) is 7.13.